The van der Waals surface area contributed by atoms with Gasteiger partial charge in [-0.15, -0.1) is 0 Å². The molecule has 0 saturated heterocycles. The molecule has 1 aliphatic rings. The molecule has 0 unspecified atom stereocenters. The van der Waals surface area contributed by atoms with Gasteiger partial charge in [-0.05, 0) is 46.7 Å². The highest BCUT2D eigenvalue weighted by molar-refractivity contribution is 6.30. The minimum atomic E-state index is -0.900. The molecule has 0 aliphatic carbocycles. The average molecular weight is 404 g/mol. The van der Waals surface area contributed by atoms with Gasteiger partial charge in [-0.3, -0.25) is 4.79 Å². The zero-order valence-corrected chi connectivity index (χ0v) is 16.2. The fraction of sp³-hybridized carbons (Fsp3) is 0.125. The summed E-state index contributed by atoms with van der Waals surface area (Å²) in [6.45, 7) is 0. The smallest absolute Gasteiger partial charge is 0.306 e. The molecule has 0 bridgehead atoms. The predicted octanol–water partition coefficient (Wildman–Crippen LogP) is 5.92. The Labute approximate surface area is 172 Å². The second-order valence-electron chi connectivity index (χ2n) is 7.18. The molecule has 0 amide bonds. The van der Waals surface area contributed by atoms with Crippen LogP contribution < -0.4 is 0 Å². The van der Waals surface area contributed by atoms with Crippen molar-refractivity contribution >= 4 is 28.3 Å². The lowest BCUT2D eigenvalue weighted by Gasteiger charge is -2.24. The van der Waals surface area contributed by atoms with Gasteiger partial charge in [-0.25, -0.2) is 0 Å². The number of hydrogen-bond acceptors (Lipinski definition) is 2. The fourth-order valence-corrected chi connectivity index (χ4v) is 4.35. The first-order chi connectivity index (χ1) is 14.1. The Morgan fingerprint density at radius 1 is 1.00 bits per heavy atom. The average Bonchev–Trinajstić information content (AvgIpc) is 3.16. The third-order valence-electron chi connectivity index (χ3n) is 5.41. The maximum absolute atomic E-state index is 11.6. The molecule has 144 valence electrons. The number of fused-ring (bicyclic) bond motifs is 4. The minimum Gasteiger partial charge on any atom is -0.481 e. The summed E-state index contributed by atoms with van der Waals surface area (Å²) in [6, 6.07) is 23.8. The molecule has 5 heteroatoms. The Hall–Kier alpha value is -3.08. The van der Waals surface area contributed by atoms with Gasteiger partial charge < -0.3 is 14.4 Å². The van der Waals surface area contributed by atoms with Crippen LogP contribution in [0.25, 0.3) is 16.5 Å². The van der Waals surface area contributed by atoms with Gasteiger partial charge in [0.15, 0.2) is 0 Å². The van der Waals surface area contributed by atoms with E-state index in [0.29, 0.717) is 5.02 Å². The summed E-state index contributed by atoms with van der Waals surface area (Å²) in [6.07, 6.45) is 0.787. The standard InChI is InChI=1S/C24H18ClNO3/c25-16-10-11-20-19(13-16)24(18-8-3-6-15-5-1-2-7-17(15)18)29-22(14-23(27)28)21-9-4-12-26(20)21/h1-13,22,24H,14H2,(H,27,28)/t22-,24-/m0/s1. The van der Waals surface area contributed by atoms with E-state index in [1.54, 1.807) is 0 Å². The van der Waals surface area contributed by atoms with Crippen molar-refractivity contribution in [3.63, 3.8) is 0 Å². The molecule has 0 saturated carbocycles. The van der Waals surface area contributed by atoms with E-state index in [1.807, 2.05) is 65.4 Å². The molecule has 0 radical (unpaired) electrons. The molecule has 4 aromatic rings. The van der Waals surface area contributed by atoms with Crippen molar-refractivity contribution in [2.45, 2.75) is 18.6 Å². The molecular weight excluding hydrogens is 386 g/mol. The van der Waals surface area contributed by atoms with Gasteiger partial charge in [-0.2, -0.15) is 0 Å². The van der Waals surface area contributed by atoms with Crippen LogP contribution in [0.1, 0.15) is 35.4 Å². The van der Waals surface area contributed by atoms with Gasteiger partial charge in [0.25, 0.3) is 0 Å². The summed E-state index contributed by atoms with van der Waals surface area (Å²) in [5.41, 5.74) is 3.67. The second-order valence-corrected chi connectivity index (χ2v) is 7.61. The number of ether oxygens (including phenoxy) is 1. The lowest BCUT2D eigenvalue weighted by atomic mass is 9.94. The van der Waals surface area contributed by atoms with E-state index in [9.17, 15) is 9.90 Å². The number of nitrogens with zero attached hydrogens (tertiary/aromatic N) is 1. The van der Waals surface area contributed by atoms with Gasteiger partial charge in [0, 0.05) is 16.8 Å². The van der Waals surface area contributed by atoms with Crippen molar-refractivity contribution in [1.29, 1.82) is 0 Å². The van der Waals surface area contributed by atoms with E-state index in [2.05, 4.69) is 18.2 Å². The lowest BCUT2D eigenvalue weighted by Crippen LogP contribution is -2.14. The molecular formula is C24H18ClNO3. The molecule has 1 aliphatic heterocycles. The topological polar surface area (TPSA) is 51.5 Å². The van der Waals surface area contributed by atoms with E-state index in [0.717, 1.165) is 33.3 Å². The summed E-state index contributed by atoms with van der Waals surface area (Å²) in [5.74, 6) is -0.900. The number of aliphatic carboxylic acids is 1. The Morgan fingerprint density at radius 2 is 1.83 bits per heavy atom. The number of halogens is 1. The summed E-state index contributed by atoms with van der Waals surface area (Å²) < 4.78 is 8.53. The van der Waals surface area contributed by atoms with Crippen LogP contribution in [0.15, 0.2) is 79.0 Å². The summed E-state index contributed by atoms with van der Waals surface area (Å²) in [5, 5.41) is 12.3. The van der Waals surface area contributed by atoms with Gasteiger partial charge in [0.2, 0.25) is 0 Å². The third kappa shape index (κ3) is 3.11. The van der Waals surface area contributed by atoms with Crippen LogP contribution in [0.2, 0.25) is 5.02 Å². The fourth-order valence-electron chi connectivity index (χ4n) is 4.17. The van der Waals surface area contributed by atoms with Crippen molar-refractivity contribution in [2.75, 3.05) is 0 Å². The van der Waals surface area contributed by atoms with E-state index >= 15 is 0 Å². The Bertz CT molecular complexity index is 1220. The highest BCUT2D eigenvalue weighted by Gasteiger charge is 2.32. The number of carbonyl (C=O) groups is 1. The molecule has 1 N–H and O–H groups in total. The van der Waals surface area contributed by atoms with Crippen LogP contribution in [0.4, 0.5) is 0 Å². The number of benzene rings is 3. The van der Waals surface area contributed by atoms with Crippen molar-refractivity contribution in [3.8, 4) is 5.69 Å². The maximum Gasteiger partial charge on any atom is 0.306 e. The van der Waals surface area contributed by atoms with Gasteiger partial charge in [0.1, 0.15) is 12.2 Å². The largest absolute Gasteiger partial charge is 0.481 e. The zero-order chi connectivity index (χ0) is 20.0. The molecule has 0 spiro atoms. The number of carboxylic acids is 1. The monoisotopic (exact) mass is 403 g/mol. The number of rotatable bonds is 3. The SMILES string of the molecule is O=C(O)C[C@@H]1O[C@@H](c2cccc3ccccc23)c2cc(Cl)ccc2-n2cccc21. The normalized spacial score (nSPS) is 18.1. The number of hydrogen-bond donors (Lipinski definition) is 1. The van der Waals surface area contributed by atoms with Gasteiger partial charge >= 0.3 is 5.97 Å². The van der Waals surface area contributed by atoms with Crippen LogP contribution in [0.3, 0.4) is 0 Å². The van der Waals surface area contributed by atoms with Crippen molar-refractivity contribution < 1.29 is 14.6 Å². The van der Waals surface area contributed by atoms with Gasteiger partial charge in [0.05, 0.1) is 17.8 Å². The van der Waals surface area contributed by atoms with Gasteiger partial charge in [-0.1, -0.05) is 54.1 Å². The lowest BCUT2D eigenvalue weighted by molar-refractivity contribution is -0.141. The summed E-state index contributed by atoms with van der Waals surface area (Å²) >= 11 is 6.36. The third-order valence-corrected chi connectivity index (χ3v) is 5.64. The zero-order valence-electron chi connectivity index (χ0n) is 15.5. The van der Waals surface area contributed by atoms with E-state index in [4.69, 9.17) is 16.3 Å². The first-order valence-electron chi connectivity index (χ1n) is 9.44. The molecule has 29 heavy (non-hydrogen) atoms. The Balaban J connectivity index is 1.77. The van der Waals surface area contributed by atoms with E-state index < -0.39 is 18.2 Å². The molecule has 1 aromatic heterocycles. The number of carboxylic acid groups (broad SMARTS) is 1. The molecule has 2 atom stereocenters. The summed E-state index contributed by atoms with van der Waals surface area (Å²) in [4.78, 5) is 11.6. The second kappa shape index (κ2) is 7.07. The molecule has 3 aromatic carbocycles. The van der Waals surface area contributed by atoms with Crippen molar-refractivity contribution in [3.05, 3.63) is 101 Å². The Kier molecular flexibility index (Phi) is 4.38. The summed E-state index contributed by atoms with van der Waals surface area (Å²) in [7, 11) is 0. The van der Waals surface area contributed by atoms with Crippen LogP contribution in [0.5, 0.6) is 0 Å². The Morgan fingerprint density at radius 3 is 2.69 bits per heavy atom. The molecule has 5 rings (SSSR count). The van der Waals surface area contributed by atoms with Crippen molar-refractivity contribution in [1.82, 2.24) is 4.57 Å². The van der Waals surface area contributed by atoms with E-state index in [-0.39, 0.29) is 6.42 Å². The first kappa shape index (κ1) is 18.0. The highest BCUT2D eigenvalue weighted by Crippen LogP contribution is 2.43. The highest BCUT2D eigenvalue weighted by atomic mass is 35.5. The van der Waals surface area contributed by atoms with Crippen LogP contribution in [-0.4, -0.2) is 15.6 Å². The van der Waals surface area contributed by atoms with Crippen LogP contribution >= 0.6 is 11.6 Å². The van der Waals surface area contributed by atoms with Crippen molar-refractivity contribution in [2.24, 2.45) is 0 Å². The molecule has 4 nitrogen and oxygen atoms in total. The van der Waals surface area contributed by atoms with E-state index in [1.165, 1.54) is 0 Å². The minimum absolute atomic E-state index is 0.118. The number of aromatic nitrogens is 1. The first-order valence-corrected chi connectivity index (χ1v) is 9.81. The molecule has 0 fully saturated rings. The van der Waals surface area contributed by atoms with Crippen LogP contribution in [-0.2, 0) is 9.53 Å². The predicted molar refractivity (Wildman–Crippen MR) is 113 cm³/mol. The quantitative estimate of drug-likeness (QED) is 0.462. The maximum atomic E-state index is 11.6. The van der Waals surface area contributed by atoms with Crippen LogP contribution in [0, 0.1) is 0 Å². The molecule has 2 heterocycles.